The van der Waals surface area contributed by atoms with Crippen LogP contribution in [0, 0.1) is 0 Å². The predicted molar refractivity (Wildman–Crippen MR) is 75.4 cm³/mol. The lowest BCUT2D eigenvalue weighted by Gasteiger charge is -2.36. The van der Waals surface area contributed by atoms with Crippen LogP contribution in [-0.4, -0.2) is 53.7 Å². The van der Waals surface area contributed by atoms with Crippen LogP contribution >= 0.6 is 0 Å². The maximum atomic E-state index is 11.0. The summed E-state index contributed by atoms with van der Waals surface area (Å²) in [6.07, 6.45) is 2.28. The monoisotopic (exact) mass is 262 g/mol. The molecule has 104 valence electrons. The second-order valence-electron chi connectivity index (χ2n) is 5.24. The van der Waals surface area contributed by atoms with Crippen molar-refractivity contribution < 1.29 is 9.90 Å². The first-order chi connectivity index (χ1) is 9.16. The van der Waals surface area contributed by atoms with E-state index in [0.29, 0.717) is 19.1 Å². The van der Waals surface area contributed by atoms with Crippen LogP contribution in [0.15, 0.2) is 30.3 Å². The number of likely N-dealkylation sites (tertiary alicyclic amines) is 1. The molecular formula is C15H22N2O2. The number of piperidine rings is 1. The maximum Gasteiger partial charge on any atom is 0.407 e. The van der Waals surface area contributed by atoms with Gasteiger partial charge in [-0.15, -0.1) is 0 Å². The van der Waals surface area contributed by atoms with Gasteiger partial charge in [-0.25, -0.2) is 4.79 Å². The number of benzene rings is 1. The molecular weight excluding hydrogens is 240 g/mol. The molecule has 4 heteroatoms. The van der Waals surface area contributed by atoms with Gasteiger partial charge in [0.1, 0.15) is 0 Å². The van der Waals surface area contributed by atoms with Crippen molar-refractivity contribution >= 4 is 6.09 Å². The minimum absolute atomic E-state index is 0.355. The zero-order valence-electron chi connectivity index (χ0n) is 11.5. The van der Waals surface area contributed by atoms with Crippen molar-refractivity contribution in [2.24, 2.45) is 0 Å². The van der Waals surface area contributed by atoms with Crippen LogP contribution < -0.4 is 0 Å². The van der Waals surface area contributed by atoms with Crippen molar-refractivity contribution in [1.82, 2.24) is 9.80 Å². The third-order valence-corrected chi connectivity index (χ3v) is 3.89. The topological polar surface area (TPSA) is 43.8 Å². The molecule has 0 bridgehead atoms. The number of carbonyl (C=O) groups is 1. The van der Waals surface area contributed by atoms with E-state index >= 15 is 0 Å². The standard InChI is InChI=1S/C15H22N2O2/c1-16(11-9-13-6-3-2-4-7-13)14-8-5-10-17(12-14)15(18)19/h2-4,6-7,14H,5,8-12H2,1H3,(H,18,19). The highest BCUT2D eigenvalue weighted by Gasteiger charge is 2.25. The molecule has 1 aliphatic heterocycles. The molecule has 1 aliphatic rings. The summed E-state index contributed by atoms with van der Waals surface area (Å²) in [5.41, 5.74) is 1.33. The van der Waals surface area contributed by atoms with Gasteiger partial charge in [0.2, 0.25) is 0 Å². The van der Waals surface area contributed by atoms with Crippen molar-refractivity contribution in [3.63, 3.8) is 0 Å². The van der Waals surface area contributed by atoms with E-state index in [4.69, 9.17) is 5.11 Å². The Labute approximate surface area is 114 Å². The number of rotatable bonds is 4. The first kappa shape index (κ1) is 13.9. The lowest BCUT2D eigenvalue weighted by atomic mass is 10.0. The lowest BCUT2D eigenvalue weighted by Crippen LogP contribution is -2.48. The van der Waals surface area contributed by atoms with Gasteiger partial charge in [-0.3, -0.25) is 0 Å². The molecule has 4 nitrogen and oxygen atoms in total. The lowest BCUT2D eigenvalue weighted by molar-refractivity contribution is 0.0976. The predicted octanol–water partition coefficient (Wildman–Crippen LogP) is 2.30. The summed E-state index contributed by atoms with van der Waals surface area (Å²) >= 11 is 0. The van der Waals surface area contributed by atoms with Gasteiger partial charge in [0, 0.05) is 25.7 Å². The fourth-order valence-electron chi connectivity index (χ4n) is 2.62. The fourth-order valence-corrected chi connectivity index (χ4v) is 2.62. The molecule has 1 amide bonds. The van der Waals surface area contributed by atoms with Crippen LogP contribution in [0.3, 0.4) is 0 Å². The van der Waals surface area contributed by atoms with E-state index < -0.39 is 6.09 Å². The van der Waals surface area contributed by atoms with Crippen LogP contribution in [0.2, 0.25) is 0 Å². The van der Waals surface area contributed by atoms with Gasteiger partial charge in [-0.1, -0.05) is 30.3 Å². The quantitative estimate of drug-likeness (QED) is 0.905. The number of nitrogens with zero attached hydrogens (tertiary/aromatic N) is 2. The van der Waals surface area contributed by atoms with Gasteiger partial charge in [-0.2, -0.15) is 0 Å². The number of hydrogen-bond acceptors (Lipinski definition) is 2. The average molecular weight is 262 g/mol. The Balaban J connectivity index is 1.82. The summed E-state index contributed by atoms with van der Waals surface area (Å²) in [4.78, 5) is 14.8. The Morgan fingerprint density at radius 3 is 2.84 bits per heavy atom. The summed E-state index contributed by atoms with van der Waals surface area (Å²) in [6.45, 7) is 2.29. The van der Waals surface area contributed by atoms with E-state index in [-0.39, 0.29) is 0 Å². The molecule has 0 aliphatic carbocycles. The molecule has 1 aromatic carbocycles. The largest absolute Gasteiger partial charge is 0.465 e. The van der Waals surface area contributed by atoms with E-state index in [1.807, 2.05) is 6.07 Å². The highest BCUT2D eigenvalue weighted by Crippen LogP contribution is 2.15. The molecule has 2 rings (SSSR count). The van der Waals surface area contributed by atoms with Crippen LogP contribution in [-0.2, 0) is 6.42 Å². The van der Waals surface area contributed by atoms with Crippen LogP contribution in [0.1, 0.15) is 18.4 Å². The summed E-state index contributed by atoms with van der Waals surface area (Å²) in [5, 5.41) is 9.05. The molecule has 1 N–H and O–H groups in total. The van der Waals surface area contributed by atoms with Gasteiger partial charge in [0.25, 0.3) is 0 Å². The molecule has 1 heterocycles. The zero-order valence-corrected chi connectivity index (χ0v) is 11.5. The Hall–Kier alpha value is -1.55. The van der Waals surface area contributed by atoms with Crippen molar-refractivity contribution in [2.75, 3.05) is 26.7 Å². The molecule has 1 unspecified atom stereocenters. The first-order valence-electron chi connectivity index (χ1n) is 6.89. The average Bonchev–Trinajstić information content (AvgIpc) is 2.46. The van der Waals surface area contributed by atoms with Gasteiger partial charge in [-0.05, 0) is 31.9 Å². The smallest absolute Gasteiger partial charge is 0.407 e. The highest BCUT2D eigenvalue weighted by molar-refractivity contribution is 5.65. The normalized spacial score (nSPS) is 19.7. The van der Waals surface area contributed by atoms with Crippen LogP contribution in [0.5, 0.6) is 0 Å². The number of hydrogen-bond donors (Lipinski definition) is 1. The summed E-state index contributed by atoms with van der Waals surface area (Å²) in [6, 6.07) is 10.8. The van der Waals surface area contributed by atoms with E-state index in [2.05, 4.69) is 36.2 Å². The second-order valence-corrected chi connectivity index (χ2v) is 5.24. The molecule has 0 saturated carbocycles. The van der Waals surface area contributed by atoms with Gasteiger partial charge in [0.05, 0.1) is 0 Å². The van der Waals surface area contributed by atoms with E-state index in [1.165, 1.54) is 10.5 Å². The van der Waals surface area contributed by atoms with E-state index in [9.17, 15) is 4.79 Å². The van der Waals surface area contributed by atoms with Crippen LogP contribution in [0.25, 0.3) is 0 Å². The SMILES string of the molecule is CN(CCc1ccccc1)C1CCCN(C(=O)O)C1. The molecule has 19 heavy (non-hydrogen) atoms. The maximum absolute atomic E-state index is 11.0. The van der Waals surface area contributed by atoms with E-state index in [0.717, 1.165) is 25.8 Å². The molecule has 1 fully saturated rings. The van der Waals surface area contributed by atoms with Crippen LogP contribution in [0.4, 0.5) is 4.79 Å². The Kier molecular flexibility index (Phi) is 4.80. The molecule has 0 radical (unpaired) electrons. The number of carboxylic acid groups (broad SMARTS) is 1. The second kappa shape index (κ2) is 6.57. The Morgan fingerprint density at radius 1 is 1.42 bits per heavy atom. The fraction of sp³-hybridized carbons (Fsp3) is 0.533. The number of amides is 1. The van der Waals surface area contributed by atoms with E-state index in [1.54, 1.807) is 0 Å². The van der Waals surface area contributed by atoms with Gasteiger partial charge in [0.15, 0.2) is 0 Å². The van der Waals surface area contributed by atoms with Gasteiger partial charge < -0.3 is 14.9 Å². The zero-order chi connectivity index (χ0) is 13.7. The Bertz CT molecular complexity index is 408. The molecule has 1 aromatic rings. The first-order valence-corrected chi connectivity index (χ1v) is 6.89. The van der Waals surface area contributed by atoms with Gasteiger partial charge >= 0.3 is 6.09 Å². The van der Waals surface area contributed by atoms with Crippen molar-refractivity contribution in [3.05, 3.63) is 35.9 Å². The minimum atomic E-state index is -0.791. The molecule has 0 spiro atoms. The summed E-state index contributed by atoms with van der Waals surface area (Å²) in [7, 11) is 2.10. The summed E-state index contributed by atoms with van der Waals surface area (Å²) in [5.74, 6) is 0. The summed E-state index contributed by atoms with van der Waals surface area (Å²) < 4.78 is 0. The molecule has 1 atom stereocenters. The highest BCUT2D eigenvalue weighted by atomic mass is 16.4. The minimum Gasteiger partial charge on any atom is -0.465 e. The molecule has 0 aromatic heterocycles. The third kappa shape index (κ3) is 3.96. The number of likely N-dealkylation sites (N-methyl/N-ethyl adjacent to an activating group) is 1. The van der Waals surface area contributed by atoms with Crippen molar-refractivity contribution in [3.8, 4) is 0 Å². The third-order valence-electron chi connectivity index (χ3n) is 3.89. The van der Waals surface area contributed by atoms with Crippen molar-refractivity contribution in [2.45, 2.75) is 25.3 Å². The molecule has 1 saturated heterocycles. The van der Waals surface area contributed by atoms with Crippen molar-refractivity contribution in [1.29, 1.82) is 0 Å². The Morgan fingerprint density at radius 2 is 2.16 bits per heavy atom.